The van der Waals surface area contributed by atoms with Gasteiger partial charge in [0.05, 0.1) is 5.60 Å². The molecule has 1 rings (SSSR count). The van der Waals surface area contributed by atoms with E-state index in [1.54, 1.807) is 0 Å². The van der Waals surface area contributed by atoms with Gasteiger partial charge in [0, 0.05) is 13.1 Å². The number of rotatable bonds is 8. The quantitative estimate of drug-likeness (QED) is 0.663. The van der Waals surface area contributed by atoms with Crippen LogP contribution in [0.2, 0.25) is 0 Å². The predicted molar refractivity (Wildman–Crippen MR) is 68.4 cm³/mol. The van der Waals surface area contributed by atoms with Crippen LogP contribution in [-0.2, 0) is 0 Å². The van der Waals surface area contributed by atoms with Gasteiger partial charge >= 0.3 is 0 Å². The minimum absolute atomic E-state index is 0.363. The van der Waals surface area contributed by atoms with Gasteiger partial charge in [-0.3, -0.25) is 0 Å². The normalized spacial score (nSPS) is 20.8. The van der Waals surface area contributed by atoms with Crippen molar-refractivity contribution in [3.05, 3.63) is 0 Å². The van der Waals surface area contributed by atoms with Crippen LogP contribution in [-0.4, -0.2) is 41.8 Å². The average molecular weight is 228 g/mol. The van der Waals surface area contributed by atoms with Gasteiger partial charge < -0.3 is 15.7 Å². The van der Waals surface area contributed by atoms with E-state index in [1.807, 2.05) is 6.92 Å². The molecule has 0 heterocycles. The van der Waals surface area contributed by atoms with E-state index in [0.29, 0.717) is 6.54 Å². The molecule has 0 saturated heterocycles. The van der Waals surface area contributed by atoms with Gasteiger partial charge in [-0.25, -0.2) is 0 Å². The van der Waals surface area contributed by atoms with Crippen molar-refractivity contribution >= 4 is 0 Å². The largest absolute Gasteiger partial charge is 0.389 e. The summed E-state index contributed by atoms with van der Waals surface area (Å²) in [5.74, 6) is 0.940. The fourth-order valence-corrected chi connectivity index (χ4v) is 2.20. The van der Waals surface area contributed by atoms with E-state index in [1.165, 1.54) is 25.8 Å². The molecule has 1 aliphatic rings. The topological polar surface area (TPSA) is 49.5 Å². The molecule has 0 radical (unpaired) electrons. The van der Waals surface area contributed by atoms with Crippen molar-refractivity contribution in [1.29, 1.82) is 0 Å². The van der Waals surface area contributed by atoms with Crippen molar-refractivity contribution in [3.8, 4) is 0 Å². The number of nitrogens with two attached hydrogens (primary N) is 1. The van der Waals surface area contributed by atoms with E-state index in [9.17, 15) is 5.11 Å². The molecule has 0 bridgehead atoms. The first-order chi connectivity index (χ1) is 7.57. The van der Waals surface area contributed by atoms with Crippen molar-refractivity contribution in [2.24, 2.45) is 11.7 Å². The molecular formula is C13H28N2O. The Bertz CT molecular complexity index is 190. The second kappa shape index (κ2) is 6.58. The fourth-order valence-electron chi connectivity index (χ4n) is 2.20. The number of aliphatic hydroxyl groups is 1. The van der Waals surface area contributed by atoms with Crippen LogP contribution in [0.5, 0.6) is 0 Å². The third-order valence-electron chi connectivity index (χ3n) is 3.82. The molecule has 0 aromatic rings. The molecule has 1 fully saturated rings. The summed E-state index contributed by atoms with van der Waals surface area (Å²) in [6.45, 7) is 7.89. The summed E-state index contributed by atoms with van der Waals surface area (Å²) in [5, 5.41) is 9.80. The first kappa shape index (κ1) is 13.9. The van der Waals surface area contributed by atoms with Crippen LogP contribution in [0.15, 0.2) is 0 Å². The van der Waals surface area contributed by atoms with Crippen molar-refractivity contribution < 1.29 is 5.11 Å². The van der Waals surface area contributed by atoms with Gasteiger partial charge in [0.15, 0.2) is 0 Å². The monoisotopic (exact) mass is 228 g/mol. The molecule has 0 aromatic heterocycles. The van der Waals surface area contributed by atoms with Crippen LogP contribution in [0.25, 0.3) is 0 Å². The SMILES string of the molecule is CCN(CCCC(C)(O)CN)CC1CCC1. The van der Waals surface area contributed by atoms with E-state index in [4.69, 9.17) is 5.73 Å². The summed E-state index contributed by atoms with van der Waals surface area (Å²) >= 11 is 0. The third kappa shape index (κ3) is 4.81. The molecule has 0 spiro atoms. The van der Waals surface area contributed by atoms with Crippen LogP contribution in [0.1, 0.15) is 46.0 Å². The van der Waals surface area contributed by atoms with Gasteiger partial charge in [0.2, 0.25) is 0 Å². The zero-order valence-corrected chi connectivity index (χ0v) is 10.9. The molecule has 0 aliphatic heterocycles. The highest BCUT2D eigenvalue weighted by Crippen LogP contribution is 2.27. The van der Waals surface area contributed by atoms with E-state index in [2.05, 4.69) is 11.8 Å². The van der Waals surface area contributed by atoms with Gasteiger partial charge in [-0.15, -0.1) is 0 Å². The lowest BCUT2D eigenvalue weighted by Crippen LogP contribution is -2.37. The van der Waals surface area contributed by atoms with Crippen molar-refractivity contribution in [3.63, 3.8) is 0 Å². The first-order valence-electron chi connectivity index (χ1n) is 6.72. The van der Waals surface area contributed by atoms with Crippen LogP contribution in [0.4, 0.5) is 0 Å². The van der Waals surface area contributed by atoms with Crippen LogP contribution in [0.3, 0.4) is 0 Å². The molecule has 96 valence electrons. The highest BCUT2D eigenvalue weighted by atomic mass is 16.3. The molecule has 1 atom stereocenters. The lowest BCUT2D eigenvalue weighted by molar-refractivity contribution is 0.0532. The maximum Gasteiger partial charge on any atom is 0.0741 e. The summed E-state index contributed by atoms with van der Waals surface area (Å²) in [5.41, 5.74) is 4.83. The lowest BCUT2D eigenvalue weighted by Gasteiger charge is -2.32. The Morgan fingerprint density at radius 3 is 2.56 bits per heavy atom. The molecule has 0 aromatic carbocycles. The Hall–Kier alpha value is -0.120. The Kier molecular flexibility index (Phi) is 5.73. The third-order valence-corrected chi connectivity index (χ3v) is 3.82. The van der Waals surface area contributed by atoms with Gasteiger partial charge in [0.25, 0.3) is 0 Å². The molecule has 0 amide bonds. The van der Waals surface area contributed by atoms with E-state index >= 15 is 0 Å². The molecule has 3 N–H and O–H groups in total. The van der Waals surface area contributed by atoms with Gasteiger partial charge in [-0.2, -0.15) is 0 Å². The molecule has 16 heavy (non-hydrogen) atoms. The number of hydrogen-bond donors (Lipinski definition) is 2. The minimum atomic E-state index is -0.671. The molecule has 1 saturated carbocycles. The predicted octanol–water partition coefficient (Wildman–Crippen LogP) is 1.60. The summed E-state index contributed by atoms with van der Waals surface area (Å²) in [6, 6.07) is 0. The van der Waals surface area contributed by atoms with Crippen LogP contribution >= 0.6 is 0 Å². The standard InChI is InChI=1S/C13H28N2O/c1-3-15(10-12-6-4-7-12)9-5-8-13(2,16)11-14/h12,16H,3-11,14H2,1-2H3. The Morgan fingerprint density at radius 2 is 2.12 bits per heavy atom. The molecule has 1 aliphatic carbocycles. The Morgan fingerprint density at radius 1 is 1.44 bits per heavy atom. The summed E-state index contributed by atoms with van der Waals surface area (Å²) in [6.07, 6.45) is 6.10. The summed E-state index contributed by atoms with van der Waals surface area (Å²) < 4.78 is 0. The van der Waals surface area contributed by atoms with Gasteiger partial charge in [-0.05, 0) is 51.6 Å². The Labute approximate surface area is 100 Å². The zero-order valence-electron chi connectivity index (χ0n) is 10.9. The number of hydrogen-bond acceptors (Lipinski definition) is 3. The van der Waals surface area contributed by atoms with E-state index in [-0.39, 0.29) is 0 Å². The van der Waals surface area contributed by atoms with Crippen molar-refractivity contribution in [2.75, 3.05) is 26.2 Å². The smallest absolute Gasteiger partial charge is 0.0741 e. The van der Waals surface area contributed by atoms with Gasteiger partial charge in [-0.1, -0.05) is 13.3 Å². The first-order valence-corrected chi connectivity index (χ1v) is 6.72. The molecular weight excluding hydrogens is 200 g/mol. The summed E-state index contributed by atoms with van der Waals surface area (Å²) in [4.78, 5) is 2.51. The average Bonchev–Trinajstić information content (AvgIpc) is 2.20. The molecule has 3 nitrogen and oxygen atoms in total. The van der Waals surface area contributed by atoms with Crippen molar-refractivity contribution in [1.82, 2.24) is 4.90 Å². The minimum Gasteiger partial charge on any atom is -0.389 e. The molecule has 1 unspecified atom stereocenters. The van der Waals surface area contributed by atoms with E-state index < -0.39 is 5.60 Å². The second-order valence-corrected chi connectivity index (χ2v) is 5.49. The highest BCUT2D eigenvalue weighted by Gasteiger charge is 2.21. The Balaban J connectivity index is 2.13. The lowest BCUT2D eigenvalue weighted by atomic mass is 9.85. The van der Waals surface area contributed by atoms with Crippen molar-refractivity contribution in [2.45, 2.75) is 51.6 Å². The summed E-state index contributed by atoms with van der Waals surface area (Å²) in [7, 11) is 0. The highest BCUT2D eigenvalue weighted by molar-refractivity contribution is 4.76. The molecule has 3 heteroatoms. The second-order valence-electron chi connectivity index (χ2n) is 5.49. The maximum atomic E-state index is 9.80. The van der Waals surface area contributed by atoms with Crippen LogP contribution < -0.4 is 5.73 Å². The number of nitrogens with zero attached hydrogens (tertiary/aromatic N) is 1. The maximum absolute atomic E-state index is 9.80. The van der Waals surface area contributed by atoms with Gasteiger partial charge in [0.1, 0.15) is 0 Å². The van der Waals surface area contributed by atoms with Crippen LogP contribution in [0, 0.1) is 5.92 Å². The van der Waals surface area contributed by atoms with E-state index in [0.717, 1.165) is 31.8 Å². The fraction of sp³-hybridized carbons (Fsp3) is 1.00. The zero-order chi connectivity index (χ0) is 12.0.